The number of carbonyl (C=O) groups excluding carboxylic acids is 1. The molecule has 6 nitrogen and oxygen atoms in total. The molecule has 0 bridgehead atoms. The van der Waals surface area contributed by atoms with Gasteiger partial charge in [0.15, 0.2) is 11.5 Å². The Morgan fingerprint density at radius 1 is 0.966 bits per heavy atom. The third kappa shape index (κ3) is 5.72. The van der Waals surface area contributed by atoms with Gasteiger partial charge in [-0.05, 0) is 42.7 Å². The van der Waals surface area contributed by atoms with Gasteiger partial charge in [0.25, 0.3) is 5.91 Å². The molecule has 0 fully saturated rings. The molecule has 0 spiro atoms. The van der Waals surface area contributed by atoms with E-state index in [0.29, 0.717) is 29.4 Å². The molecule has 0 saturated heterocycles. The summed E-state index contributed by atoms with van der Waals surface area (Å²) in [6.07, 6.45) is 3.43. The number of hydrogen-bond donors (Lipinski definition) is 2. The van der Waals surface area contributed by atoms with E-state index >= 15 is 0 Å². The van der Waals surface area contributed by atoms with Crippen LogP contribution in [0.5, 0.6) is 11.5 Å². The van der Waals surface area contributed by atoms with Crippen molar-refractivity contribution in [3.63, 3.8) is 0 Å². The van der Waals surface area contributed by atoms with Crippen molar-refractivity contribution in [1.82, 2.24) is 10.3 Å². The lowest BCUT2D eigenvalue weighted by Crippen LogP contribution is -2.24. The number of rotatable bonds is 9. The lowest BCUT2D eigenvalue weighted by Gasteiger charge is -2.11. The predicted molar refractivity (Wildman–Crippen MR) is 114 cm³/mol. The van der Waals surface area contributed by atoms with Crippen LogP contribution in [0.3, 0.4) is 0 Å². The monoisotopic (exact) mass is 391 g/mol. The van der Waals surface area contributed by atoms with Crippen LogP contribution in [-0.2, 0) is 6.42 Å². The molecule has 0 aliphatic rings. The second-order valence-electron chi connectivity index (χ2n) is 6.47. The van der Waals surface area contributed by atoms with E-state index in [0.717, 1.165) is 18.5 Å². The average molecular weight is 391 g/mol. The summed E-state index contributed by atoms with van der Waals surface area (Å²) in [5, 5.41) is 6.15. The van der Waals surface area contributed by atoms with Gasteiger partial charge in [0.2, 0.25) is 0 Å². The van der Waals surface area contributed by atoms with Crippen LogP contribution in [0.4, 0.5) is 11.5 Å². The number of nitrogens with zero attached hydrogens (tertiary/aromatic N) is 1. The van der Waals surface area contributed by atoms with E-state index in [1.54, 1.807) is 32.5 Å². The number of amides is 1. The predicted octanol–water partition coefficient (Wildman–Crippen LogP) is 4.21. The highest BCUT2D eigenvalue weighted by atomic mass is 16.5. The molecule has 1 aromatic heterocycles. The average Bonchev–Trinajstić information content (AvgIpc) is 2.77. The molecule has 0 unspecified atom stereocenters. The second kappa shape index (κ2) is 10.1. The zero-order valence-corrected chi connectivity index (χ0v) is 16.6. The highest BCUT2D eigenvalue weighted by Gasteiger charge is 2.08. The van der Waals surface area contributed by atoms with Crippen molar-refractivity contribution >= 4 is 17.4 Å². The number of methoxy groups -OCH3 is 2. The van der Waals surface area contributed by atoms with Gasteiger partial charge in [0.1, 0.15) is 5.82 Å². The Bertz CT molecular complexity index is 945. The smallest absolute Gasteiger partial charge is 0.251 e. The molecule has 0 aliphatic carbocycles. The van der Waals surface area contributed by atoms with Crippen LogP contribution in [0, 0.1) is 0 Å². The summed E-state index contributed by atoms with van der Waals surface area (Å²) in [4.78, 5) is 16.7. The van der Waals surface area contributed by atoms with E-state index in [9.17, 15) is 4.79 Å². The number of carbonyl (C=O) groups is 1. The number of benzene rings is 2. The molecular formula is C23H25N3O3. The maximum absolute atomic E-state index is 12.4. The minimum atomic E-state index is -0.115. The summed E-state index contributed by atoms with van der Waals surface area (Å²) >= 11 is 0. The van der Waals surface area contributed by atoms with Crippen LogP contribution in [-0.4, -0.2) is 31.7 Å². The maximum Gasteiger partial charge on any atom is 0.251 e. The van der Waals surface area contributed by atoms with E-state index in [4.69, 9.17) is 9.47 Å². The van der Waals surface area contributed by atoms with Crippen molar-refractivity contribution in [3.8, 4) is 11.5 Å². The van der Waals surface area contributed by atoms with Gasteiger partial charge in [-0.3, -0.25) is 4.79 Å². The van der Waals surface area contributed by atoms with Gasteiger partial charge in [0, 0.05) is 30.1 Å². The molecule has 0 atom stereocenters. The first-order chi connectivity index (χ1) is 14.2. The van der Waals surface area contributed by atoms with Crippen molar-refractivity contribution in [2.24, 2.45) is 0 Å². The Morgan fingerprint density at radius 3 is 2.52 bits per heavy atom. The number of aryl methyl sites for hydroxylation is 1. The summed E-state index contributed by atoms with van der Waals surface area (Å²) in [5.74, 6) is 1.73. The Balaban J connectivity index is 1.56. The zero-order chi connectivity index (χ0) is 20.5. The minimum absolute atomic E-state index is 0.115. The van der Waals surface area contributed by atoms with Gasteiger partial charge >= 0.3 is 0 Å². The number of pyridine rings is 1. The zero-order valence-electron chi connectivity index (χ0n) is 16.6. The van der Waals surface area contributed by atoms with Crippen molar-refractivity contribution in [3.05, 3.63) is 78.0 Å². The number of anilines is 2. The largest absolute Gasteiger partial charge is 0.493 e. The Morgan fingerprint density at radius 2 is 1.76 bits per heavy atom. The standard InChI is InChI=1S/C23H25N3O3/c1-28-20-11-10-19(16-21(20)29-2)26-22-15-18(12-14-24-22)23(27)25-13-6-9-17-7-4-3-5-8-17/h3-5,7-8,10-12,14-16H,6,9,13H2,1-2H3,(H,24,26)(H,25,27). The Hall–Kier alpha value is -3.54. The molecule has 6 heteroatoms. The summed E-state index contributed by atoms with van der Waals surface area (Å²) < 4.78 is 10.6. The summed E-state index contributed by atoms with van der Waals surface area (Å²) in [5.41, 5.74) is 2.62. The Labute approximate surface area is 170 Å². The summed E-state index contributed by atoms with van der Waals surface area (Å²) in [6.45, 7) is 0.620. The molecule has 2 aromatic carbocycles. The third-order valence-electron chi connectivity index (χ3n) is 4.45. The number of aromatic nitrogens is 1. The topological polar surface area (TPSA) is 72.5 Å². The molecule has 29 heavy (non-hydrogen) atoms. The van der Waals surface area contributed by atoms with Crippen LogP contribution in [0.15, 0.2) is 66.9 Å². The third-order valence-corrected chi connectivity index (χ3v) is 4.45. The fourth-order valence-electron chi connectivity index (χ4n) is 2.94. The fraction of sp³-hybridized carbons (Fsp3) is 0.217. The molecule has 0 radical (unpaired) electrons. The SMILES string of the molecule is COc1ccc(Nc2cc(C(=O)NCCCc3ccccc3)ccn2)cc1OC. The highest BCUT2D eigenvalue weighted by molar-refractivity contribution is 5.94. The number of hydrogen-bond acceptors (Lipinski definition) is 5. The van der Waals surface area contributed by atoms with Gasteiger partial charge < -0.3 is 20.1 Å². The quantitative estimate of drug-likeness (QED) is 0.535. The first kappa shape index (κ1) is 20.2. The maximum atomic E-state index is 12.4. The molecule has 1 amide bonds. The van der Waals surface area contributed by atoms with E-state index in [1.807, 2.05) is 36.4 Å². The van der Waals surface area contributed by atoms with Gasteiger partial charge in [0.05, 0.1) is 14.2 Å². The minimum Gasteiger partial charge on any atom is -0.493 e. The number of nitrogens with one attached hydrogen (secondary N) is 2. The van der Waals surface area contributed by atoms with E-state index in [-0.39, 0.29) is 5.91 Å². The van der Waals surface area contributed by atoms with Crippen molar-refractivity contribution in [1.29, 1.82) is 0 Å². The van der Waals surface area contributed by atoms with Crippen LogP contribution in [0.25, 0.3) is 0 Å². The van der Waals surface area contributed by atoms with Crippen molar-refractivity contribution in [2.75, 3.05) is 26.1 Å². The van der Waals surface area contributed by atoms with E-state index in [1.165, 1.54) is 5.56 Å². The van der Waals surface area contributed by atoms with Crippen LogP contribution < -0.4 is 20.1 Å². The molecule has 2 N–H and O–H groups in total. The van der Waals surface area contributed by atoms with Crippen molar-refractivity contribution < 1.29 is 14.3 Å². The van der Waals surface area contributed by atoms with Crippen molar-refractivity contribution in [2.45, 2.75) is 12.8 Å². The molecule has 0 aliphatic heterocycles. The van der Waals surface area contributed by atoms with Crippen LogP contribution in [0.1, 0.15) is 22.3 Å². The number of ether oxygens (including phenoxy) is 2. The lowest BCUT2D eigenvalue weighted by molar-refractivity contribution is 0.0953. The van der Waals surface area contributed by atoms with Gasteiger partial charge in [-0.2, -0.15) is 0 Å². The molecule has 1 heterocycles. The normalized spacial score (nSPS) is 10.3. The summed E-state index contributed by atoms with van der Waals surface area (Å²) in [6, 6.07) is 19.2. The van der Waals surface area contributed by atoms with Crippen LogP contribution in [0.2, 0.25) is 0 Å². The van der Waals surface area contributed by atoms with Crippen LogP contribution >= 0.6 is 0 Å². The Kier molecular flexibility index (Phi) is 7.05. The molecule has 3 rings (SSSR count). The van der Waals surface area contributed by atoms with E-state index < -0.39 is 0 Å². The molecular weight excluding hydrogens is 366 g/mol. The lowest BCUT2D eigenvalue weighted by atomic mass is 10.1. The first-order valence-corrected chi connectivity index (χ1v) is 9.47. The van der Waals surface area contributed by atoms with Gasteiger partial charge in [-0.1, -0.05) is 30.3 Å². The second-order valence-corrected chi connectivity index (χ2v) is 6.47. The van der Waals surface area contributed by atoms with E-state index in [2.05, 4.69) is 27.8 Å². The first-order valence-electron chi connectivity index (χ1n) is 9.47. The summed E-state index contributed by atoms with van der Waals surface area (Å²) in [7, 11) is 3.18. The highest BCUT2D eigenvalue weighted by Crippen LogP contribution is 2.30. The van der Waals surface area contributed by atoms with Gasteiger partial charge in [-0.25, -0.2) is 4.98 Å². The molecule has 0 saturated carbocycles. The van der Waals surface area contributed by atoms with Gasteiger partial charge in [-0.15, -0.1) is 0 Å². The molecule has 3 aromatic rings. The molecule has 150 valence electrons. The fourth-order valence-corrected chi connectivity index (χ4v) is 2.94.